The SMILES string of the molecule is COc1ccc([N+](=O)[O-])cc1NC(=O)[C@H](C)OC(=O)c1cc2ccccc2s1. The molecule has 0 spiro atoms. The highest BCUT2D eigenvalue weighted by Crippen LogP contribution is 2.29. The quantitative estimate of drug-likeness (QED) is 0.381. The van der Waals surface area contributed by atoms with Gasteiger partial charge in [0.05, 0.1) is 17.7 Å². The van der Waals surface area contributed by atoms with Crippen LogP contribution in [0, 0.1) is 10.1 Å². The number of rotatable bonds is 6. The van der Waals surface area contributed by atoms with Crippen LogP contribution in [-0.2, 0) is 9.53 Å². The van der Waals surface area contributed by atoms with Crippen molar-refractivity contribution < 1.29 is 24.0 Å². The molecule has 0 aliphatic rings. The van der Waals surface area contributed by atoms with Crippen molar-refractivity contribution in [1.29, 1.82) is 0 Å². The number of nitro groups is 1. The molecule has 144 valence electrons. The number of benzene rings is 2. The Labute approximate surface area is 163 Å². The van der Waals surface area contributed by atoms with Gasteiger partial charge in [0.2, 0.25) is 0 Å². The first-order chi connectivity index (χ1) is 13.4. The molecule has 1 amide bonds. The molecule has 1 heterocycles. The number of ether oxygens (including phenoxy) is 2. The van der Waals surface area contributed by atoms with E-state index in [1.54, 1.807) is 6.07 Å². The van der Waals surface area contributed by atoms with Crippen molar-refractivity contribution in [3.8, 4) is 5.75 Å². The topological polar surface area (TPSA) is 108 Å². The first-order valence-electron chi connectivity index (χ1n) is 8.22. The maximum Gasteiger partial charge on any atom is 0.349 e. The van der Waals surface area contributed by atoms with Crippen LogP contribution in [0.1, 0.15) is 16.6 Å². The van der Waals surface area contributed by atoms with E-state index in [2.05, 4.69) is 5.32 Å². The molecule has 3 aromatic rings. The summed E-state index contributed by atoms with van der Waals surface area (Å²) in [6, 6.07) is 13.0. The molecular weight excluding hydrogens is 384 g/mol. The minimum atomic E-state index is -1.11. The number of amides is 1. The van der Waals surface area contributed by atoms with Crippen molar-refractivity contribution in [2.75, 3.05) is 12.4 Å². The summed E-state index contributed by atoms with van der Waals surface area (Å²) in [5.74, 6) is -0.995. The Morgan fingerprint density at radius 3 is 2.61 bits per heavy atom. The number of esters is 1. The average molecular weight is 400 g/mol. The Balaban J connectivity index is 1.71. The maximum absolute atomic E-state index is 12.4. The fourth-order valence-electron chi connectivity index (χ4n) is 2.50. The van der Waals surface area contributed by atoms with Gasteiger partial charge in [-0.05, 0) is 30.5 Å². The maximum atomic E-state index is 12.4. The van der Waals surface area contributed by atoms with Crippen molar-refractivity contribution in [2.24, 2.45) is 0 Å². The van der Waals surface area contributed by atoms with E-state index in [4.69, 9.17) is 9.47 Å². The molecule has 2 aromatic carbocycles. The molecule has 1 atom stereocenters. The van der Waals surface area contributed by atoms with Crippen LogP contribution in [0.3, 0.4) is 0 Å². The molecule has 0 aliphatic carbocycles. The lowest BCUT2D eigenvalue weighted by atomic mass is 10.2. The summed E-state index contributed by atoms with van der Waals surface area (Å²) in [5.41, 5.74) is -0.0857. The standard InChI is InChI=1S/C19H16N2O6S/c1-11(27-19(23)17-9-12-5-3-4-6-16(12)28-17)18(22)20-14-10-13(21(24)25)7-8-15(14)26-2/h3-11H,1-2H3,(H,20,22)/t11-/m0/s1. The van der Waals surface area contributed by atoms with Gasteiger partial charge >= 0.3 is 5.97 Å². The van der Waals surface area contributed by atoms with E-state index in [0.29, 0.717) is 4.88 Å². The molecule has 1 aromatic heterocycles. The first kappa shape index (κ1) is 19.3. The zero-order valence-corrected chi connectivity index (χ0v) is 15.8. The van der Waals surface area contributed by atoms with Gasteiger partial charge < -0.3 is 14.8 Å². The van der Waals surface area contributed by atoms with Crippen LogP contribution in [0.15, 0.2) is 48.5 Å². The summed E-state index contributed by atoms with van der Waals surface area (Å²) >= 11 is 1.27. The highest BCUT2D eigenvalue weighted by Gasteiger charge is 2.22. The Kier molecular flexibility index (Phi) is 5.55. The number of carbonyl (C=O) groups excluding carboxylic acids is 2. The lowest BCUT2D eigenvalue weighted by Gasteiger charge is -2.14. The molecule has 0 bridgehead atoms. The van der Waals surface area contributed by atoms with Crippen molar-refractivity contribution in [3.63, 3.8) is 0 Å². The van der Waals surface area contributed by atoms with E-state index >= 15 is 0 Å². The van der Waals surface area contributed by atoms with Crippen LogP contribution in [0.25, 0.3) is 10.1 Å². The highest BCUT2D eigenvalue weighted by molar-refractivity contribution is 7.20. The second-order valence-corrected chi connectivity index (χ2v) is 6.91. The lowest BCUT2D eigenvalue weighted by molar-refractivity contribution is -0.384. The Morgan fingerprint density at radius 2 is 1.93 bits per heavy atom. The highest BCUT2D eigenvalue weighted by atomic mass is 32.1. The number of nitrogens with one attached hydrogen (secondary N) is 1. The number of hydrogen-bond acceptors (Lipinski definition) is 7. The smallest absolute Gasteiger partial charge is 0.349 e. The molecule has 0 aliphatic heterocycles. The fourth-order valence-corrected chi connectivity index (χ4v) is 3.44. The fraction of sp³-hybridized carbons (Fsp3) is 0.158. The number of non-ortho nitro benzene ring substituents is 1. The van der Waals surface area contributed by atoms with Gasteiger partial charge in [-0.1, -0.05) is 18.2 Å². The zero-order valence-electron chi connectivity index (χ0n) is 15.0. The van der Waals surface area contributed by atoms with E-state index in [1.807, 2.05) is 24.3 Å². The van der Waals surface area contributed by atoms with Crippen LogP contribution in [0.5, 0.6) is 5.75 Å². The molecule has 0 saturated carbocycles. The largest absolute Gasteiger partial charge is 0.495 e. The van der Waals surface area contributed by atoms with Gasteiger partial charge in [-0.25, -0.2) is 4.79 Å². The summed E-state index contributed by atoms with van der Waals surface area (Å²) in [5, 5.41) is 14.3. The molecular formula is C19H16N2O6S. The summed E-state index contributed by atoms with van der Waals surface area (Å²) in [7, 11) is 1.38. The predicted molar refractivity (Wildman–Crippen MR) is 105 cm³/mol. The molecule has 0 saturated heterocycles. The number of anilines is 1. The Bertz CT molecular complexity index is 1030. The Morgan fingerprint density at radius 1 is 1.18 bits per heavy atom. The van der Waals surface area contributed by atoms with E-state index < -0.39 is 22.9 Å². The number of nitro benzene ring substituents is 1. The number of hydrogen-bond donors (Lipinski definition) is 1. The van der Waals surface area contributed by atoms with Crippen LogP contribution in [0.2, 0.25) is 0 Å². The van der Waals surface area contributed by atoms with Crippen LogP contribution in [0.4, 0.5) is 11.4 Å². The van der Waals surface area contributed by atoms with E-state index in [-0.39, 0.29) is 17.1 Å². The Hall–Kier alpha value is -3.46. The van der Waals surface area contributed by atoms with Gasteiger partial charge in [-0.15, -0.1) is 11.3 Å². The van der Waals surface area contributed by atoms with Gasteiger partial charge in [0.15, 0.2) is 6.10 Å². The molecule has 0 unspecified atom stereocenters. The predicted octanol–water partition coefficient (Wildman–Crippen LogP) is 4.00. The monoisotopic (exact) mass is 400 g/mol. The number of nitrogens with zero attached hydrogens (tertiary/aromatic N) is 1. The number of methoxy groups -OCH3 is 1. The number of thiophene rings is 1. The summed E-state index contributed by atoms with van der Waals surface area (Å²) in [6.45, 7) is 1.42. The number of fused-ring (bicyclic) bond motifs is 1. The minimum Gasteiger partial charge on any atom is -0.495 e. The zero-order chi connectivity index (χ0) is 20.3. The molecule has 3 rings (SSSR count). The minimum absolute atomic E-state index is 0.117. The van der Waals surface area contributed by atoms with Gasteiger partial charge in [0, 0.05) is 16.8 Å². The van der Waals surface area contributed by atoms with Crippen LogP contribution >= 0.6 is 11.3 Å². The van der Waals surface area contributed by atoms with E-state index in [9.17, 15) is 19.7 Å². The molecule has 9 heteroatoms. The van der Waals surface area contributed by atoms with Crippen LogP contribution < -0.4 is 10.1 Å². The molecule has 28 heavy (non-hydrogen) atoms. The summed E-state index contributed by atoms with van der Waals surface area (Å²) in [4.78, 5) is 35.5. The third-order valence-electron chi connectivity index (χ3n) is 3.93. The normalized spacial score (nSPS) is 11.6. The number of carbonyl (C=O) groups is 2. The van der Waals surface area contributed by atoms with Crippen molar-refractivity contribution in [3.05, 3.63) is 63.5 Å². The van der Waals surface area contributed by atoms with E-state index in [1.165, 1.54) is 43.6 Å². The van der Waals surface area contributed by atoms with Crippen LogP contribution in [-0.4, -0.2) is 30.0 Å². The van der Waals surface area contributed by atoms with Crippen molar-refractivity contribution >= 4 is 44.7 Å². The molecule has 8 nitrogen and oxygen atoms in total. The second kappa shape index (κ2) is 8.05. The summed E-state index contributed by atoms with van der Waals surface area (Å²) < 4.78 is 11.3. The summed E-state index contributed by atoms with van der Waals surface area (Å²) in [6.07, 6.45) is -1.11. The van der Waals surface area contributed by atoms with Gasteiger partial charge in [0.25, 0.3) is 11.6 Å². The average Bonchev–Trinajstić information content (AvgIpc) is 3.12. The molecule has 0 fully saturated rings. The molecule has 0 radical (unpaired) electrons. The van der Waals surface area contributed by atoms with E-state index in [0.717, 1.165) is 10.1 Å². The molecule has 1 N–H and O–H groups in total. The van der Waals surface area contributed by atoms with Gasteiger partial charge in [-0.2, -0.15) is 0 Å². The van der Waals surface area contributed by atoms with Crippen molar-refractivity contribution in [1.82, 2.24) is 0 Å². The third kappa shape index (κ3) is 4.09. The third-order valence-corrected chi connectivity index (χ3v) is 5.03. The first-order valence-corrected chi connectivity index (χ1v) is 9.03. The van der Waals surface area contributed by atoms with Gasteiger partial charge in [0.1, 0.15) is 10.6 Å². The van der Waals surface area contributed by atoms with Gasteiger partial charge in [-0.3, -0.25) is 14.9 Å². The lowest BCUT2D eigenvalue weighted by Crippen LogP contribution is -2.30. The van der Waals surface area contributed by atoms with Crippen molar-refractivity contribution in [2.45, 2.75) is 13.0 Å². The second-order valence-electron chi connectivity index (χ2n) is 5.83.